The molecule has 0 aliphatic carbocycles. The van der Waals surface area contributed by atoms with E-state index in [0.29, 0.717) is 5.92 Å². The van der Waals surface area contributed by atoms with Gasteiger partial charge in [-0.2, -0.15) is 0 Å². The Kier molecular flexibility index (Phi) is 5.18. The third kappa shape index (κ3) is 5.28. The van der Waals surface area contributed by atoms with Crippen molar-refractivity contribution in [2.24, 2.45) is 5.92 Å². The first-order valence-corrected chi connectivity index (χ1v) is 3.41. The Morgan fingerprint density at radius 2 is 2.22 bits per heavy atom. The molecular formula is C8H14O. The molecule has 0 saturated heterocycles. The van der Waals surface area contributed by atoms with Crippen LogP contribution in [0.5, 0.6) is 0 Å². The summed E-state index contributed by atoms with van der Waals surface area (Å²) < 4.78 is 0. The first kappa shape index (κ1) is 8.41. The molecule has 1 heteroatoms. The fourth-order valence-corrected chi connectivity index (χ4v) is 0.533. The van der Waals surface area contributed by atoms with Gasteiger partial charge >= 0.3 is 0 Å². The molecule has 0 aliphatic heterocycles. The van der Waals surface area contributed by atoms with E-state index in [9.17, 15) is 4.79 Å². The Balaban J connectivity index is 3.25. The van der Waals surface area contributed by atoms with Gasteiger partial charge in [-0.25, -0.2) is 0 Å². The largest absolute Gasteiger partial charge is 0.299 e. The van der Waals surface area contributed by atoms with E-state index in [1.807, 2.05) is 6.08 Å². The Hall–Kier alpha value is -0.590. The second-order valence-electron chi connectivity index (χ2n) is 2.31. The molecule has 9 heavy (non-hydrogen) atoms. The van der Waals surface area contributed by atoms with E-state index < -0.39 is 0 Å². The average Bonchev–Trinajstić information content (AvgIpc) is 1.89. The summed E-state index contributed by atoms with van der Waals surface area (Å²) in [5.41, 5.74) is 0. The van der Waals surface area contributed by atoms with Gasteiger partial charge in [-0.05, 0) is 18.4 Å². The van der Waals surface area contributed by atoms with Gasteiger partial charge < -0.3 is 0 Å². The summed E-state index contributed by atoms with van der Waals surface area (Å²) in [5, 5.41) is 0. The van der Waals surface area contributed by atoms with Crippen molar-refractivity contribution in [2.75, 3.05) is 0 Å². The maximum Gasteiger partial charge on any atom is 0.142 e. The molecule has 0 aromatic rings. The van der Waals surface area contributed by atoms with Crippen molar-refractivity contribution < 1.29 is 4.79 Å². The van der Waals surface area contributed by atoms with Gasteiger partial charge in [0, 0.05) is 0 Å². The minimum atomic E-state index is 0.709. The molecule has 0 rings (SSSR count). The van der Waals surface area contributed by atoms with Crippen molar-refractivity contribution in [3.05, 3.63) is 12.2 Å². The molecule has 52 valence electrons. The van der Waals surface area contributed by atoms with Crippen molar-refractivity contribution in [1.29, 1.82) is 0 Å². The van der Waals surface area contributed by atoms with E-state index in [-0.39, 0.29) is 0 Å². The summed E-state index contributed by atoms with van der Waals surface area (Å²) in [6.45, 7) is 4.33. The molecule has 0 aromatic carbocycles. The minimum Gasteiger partial charge on any atom is -0.299 e. The predicted octanol–water partition coefficient (Wildman–Crippen LogP) is 2.18. The molecule has 0 amide bonds. The lowest BCUT2D eigenvalue weighted by Gasteiger charge is -2.00. The minimum absolute atomic E-state index is 0.709. The fourth-order valence-electron chi connectivity index (χ4n) is 0.533. The standard InChI is InChI=1S/C8H14O/c1-3-8(2)6-4-5-7-9/h4-5,7-8H,3,6H2,1-2H3/b5-4+. The van der Waals surface area contributed by atoms with Crippen molar-refractivity contribution in [3.63, 3.8) is 0 Å². The van der Waals surface area contributed by atoms with Gasteiger partial charge in [-0.3, -0.25) is 4.79 Å². The number of rotatable bonds is 4. The van der Waals surface area contributed by atoms with Gasteiger partial charge in [0.1, 0.15) is 6.29 Å². The van der Waals surface area contributed by atoms with E-state index in [1.165, 1.54) is 6.42 Å². The molecule has 0 aromatic heterocycles. The SMILES string of the molecule is CCC(C)C/C=C/C=O. The van der Waals surface area contributed by atoms with Crippen LogP contribution in [0.25, 0.3) is 0 Å². The summed E-state index contributed by atoms with van der Waals surface area (Å²) in [7, 11) is 0. The molecule has 1 unspecified atom stereocenters. The van der Waals surface area contributed by atoms with Crippen LogP contribution in [0.1, 0.15) is 26.7 Å². The average molecular weight is 126 g/mol. The number of carbonyl (C=O) groups is 1. The highest BCUT2D eigenvalue weighted by atomic mass is 16.1. The maximum atomic E-state index is 9.79. The van der Waals surface area contributed by atoms with Crippen molar-refractivity contribution in [1.82, 2.24) is 0 Å². The zero-order valence-corrected chi connectivity index (χ0v) is 6.13. The zero-order chi connectivity index (χ0) is 7.11. The molecule has 0 saturated carbocycles. The van der Waals surface area contributed by atoms with Gasteiger partial charge in [0.15, 0.2) is 0 Å². The molecular weight excluding hydrogens is 112 g/mol. The van der Waals surface area contributed by atoms with Crippen LogP contribution < -0.4 is 0 Å². The van der Waals surface area contributed by atoms with Gasteiger partial charge in [-0.1, -0.05) is 26.3 Å². The van der Waals surface area contributed by atoms with E-state index >= 15 is 0 Å². The fraction of sp³-hybridized carbons (Fsp3) is 0.625. The van der Waals surface area contributed by atoms with Crippen molar-refractivity contribution in [2.45, 2.75) is 26.7 Å². The summed E-state index contributed by atoms with van der Waals surface area (Å²) in [6, 6.07) is 0. The van der Waals surface area contributed by atoms with Crippen LogP contribution in [0.15, 0.2) is 12.2 Å². The van der Waals surface area contributed by atoms with E-state index in [0.717, 1.165) is 12.7 Å². The lowest BCUT2D eigenvalue weighted by Crippen LogP contribution is -1.87. The summed E-state index contributed by atoms with van der Waals surface area (Å²) >= 11 is 0. The van der Waals surface area contributed by atoms with Gasteiger partial charge in [0.2, 0.25) is 0 Å². The maximum absolute atomic E-state index is 9.79. The van der Waals surface area contributed by atoms with E-state index in [4.69, 9.17) is 0 Å². The number of aldehydes is 1. The molecule has 0 N–H and O–H groups in total. The lowest BCUT2D eigenvalue weighted by atomic mass is 10.1. The molecule has 1 atom stereocenters. The molecule has 0 radical (unpaired) electrons. The summed E-state index contributed by atoms with van der Waals surface area (Å²) in [5.74, 6) is 0.709. The van der Waals surface area contributed by atoms with Crippen LogP contribution in [-0.2, 0) is 4.79 Å². The van der Waals surface area contributed by atoms with Gasteiger partial charge in [-0.15, -0.1) is 0 Å². The molecule has 0 fully saturated rings. The van der Waals surface area contributed by atoms with Crippen LogP contribution >= 0.6 is 0 Å². The number of allylic oxidation sites excluding steroid dienone is 2. The van der Waals surface area contributed by atoms with Crippen LogP contribution in [0.2, 0.25) is 0 Å². The van der Waals surface area contributed by atoms with E-state index in [1.54, 1.807) is 6.08 Å². The third-order valence-corrected chi connectivity index (χ3v) is 1.45. The van der Waals surface area contributed by atoms with Crippen molar-refractivity contribution >= 4 is 6.29 Å². The Morgan fingerprint density at radius 1 is 1.56 bits per heavy atom. The van der Waals surface area contributed by atoms with Gasteiger partial charge in [0.05, 0.1) is 0 Å². The number of hydrogen-bond acceptors (Lipinski definition) is 1. The monoisotopic (exact) mass is 126 g/mol. The smallest absolute Gasteiger partial charge is 0.142 e. The summed E-state index contributed by atoms with van der Waals surface area (Å²) in [4.78, 5) is 9.79. The van der Waals surface area contributed by atoms with Crippen LogP contribution in [-0.4, -0.2) is 6.29 Å². The molecule has 0 heterocycles. The summed E-state index contributed by atoms with van der Waals surface area (Å²) in [6.07, 6.45) is 6.51. The molecule has 0 spiro atoms. The first-order chi connectivity index (χ1) is 4.31. The third-order valence-electron chi connectivity index (χ3n) is 1.45. The first-order valence-electron chi connectivity index (χ1n) is 3.41. The highest BCUT2D eigenvalue weighted by Crippen LogP contribution is 2.05. The Labute approximate surface area is 56.8 Å². The van der Waals surface area contributed by atoms with Crippen LogP contribution in [0.3, 0.4) is 0 Å². The van der Waals surface area contributed by atoms with Crippen molar-refractivity contribution in [3.8, 4) is 0 Å². The Morgan fingerprint density at radius 3 is 2.67 bits per heavy atom. The second kappa shape index (κ2) is 5.54. The molecule has 0 aliphatic rings. The van der Waals surface area contributed by atoms with Crippen LogP contribution in [0, 0.1) is 5.92 Å². The van der Waals surface area contributed by atoms with Crippen LogP contribution in [0.4, 0.5) is 0 Å². The normalized spacial score (nSPS) is 14.0. The lowest BCUT2D eigenvalue weighted by molar-refractivity contribution is -0.104. The highest BCUT2D eigenvalue weighted by Gasteiger charge is 1.91. The molecule has 0 bridgehead atoms. The highest BCUT2D eigenvalue weighted by molar-refractivity contribution is 5.64. The number of hydrogen-bond donors (Lipinski definition) is 0. The quantitative estimate of drug-likeness (QED) is 0.417. The van der Waals surface area contributed by atoms with E-state index in [2.05, 4.69) is 13.8 Å². The predicted molar refractivity (Wildman–Crippen MR) is 39.3 cm³/mol. The van der Waals surface area contributed by atoms with Gasteiger partial charge in [0.25, 0.3) is 0 Å². The number of carbonyl (C=O) groups excluding carboxylic acids is 1. The second-order valence-corrected chi connectivity index (χ2v) is 2.31. The topological polar surface area (TPSA) is 17.1 Å². The zero-order valence-electron chi connectivity index (χ0n) is 6.13. The molecule has 1 nitrogen and oxygen atoms in total. The Bertz CT molecular complexity index is 94.7.